The van der Waals surface area contributed by atoms with Gasteiger partial charge in [0.1, 0.15) is 0 Å². The third kappa shape index (κ3) is 4.24. The van der Waals surface area contributed by atoms with Gasteiger partial charge in [0.2, 0.25) is 0 Å². The number of hydrogen-bond acceptors (Lipinski definition) is 2. The largest absolute Gasteiger partial charge is 0.255 e. The van der Waals surface area contributed by atoms with Gasteiger partial charge in [0, 0.05) is 13.2 Å². The Labute approximate surface area is 77.5 Å². The van der Waals surface area contributed by atoms with Crippen LogP contribution in [0.25, 0.3) is 0 Å². The molecule has 0 aliphatic carbocycles. The van der Waals surface area contributed by atoms with Crippen molar-refractivity contribution < 1.29 is 0 Å². The van der Waals surface area contributed by atoms with Crippen LogP contribution in [0.5, 0.6) is 0 Å². The van der Waals surface area contributed by atoms with Crippen molar-refractivity contribution in [1.29, 1.82) is 0 Å². The second-order valence-electron chi connectivity index (χ2n) is 2.47. The van der Waals surface area contributed by atoms with Gasteiger partial charge < -0.3 is 0 Å². The highest BCUT2D eigenvalue weighted by molar-refractivity contribution is 6.92. The van der Waals surface area contributed by atoms with Gasteiger partial charge in [0.15, 0.2) is 0 Å². The first-order valence-electron chi connectivity index (χ1n) is 3.56. The average molecular weight is 187 g/mol. The van der Waals surface area contributed by atoms with Crippen molar-refractivity contribution in [3.8, 4) is 0 Å². The Morgan fingerprint density at radius 1 is 1.42 bits per heavy atom. The highest BCUT2D eigenvalue weighted by atomic mass is 31.0. The number of aromatic nitrogens is 3. The lowest BCUT2D eigenvalue weighted by atomic mass is 10.2. The van der Waals surface area contributed by atoms with Gasteiger partial charge in [-0.1, -0.05) is 19.1 Å². The summed E-state index contributed by atoms with van der Waals surface area (Å²) in [4.78, 5) is 0. The van der Waals surface area contributed by atoms with E-state index < -0.39 is 0 Å². The molecule has 0 saturated carbocycles. The Morgan fingerprint density at radius 3 is 2.08 bits per heavy atom. The molecule has 1 unspecified atom stereocenters. The molecule has 0 fully saturated rings. The van der Waals surface area contributed by atoms with E-state index in [9.17, 15) is 0 Å². The van der Waals surface area contributed by atoms with E-state index in [1.54, 1.807) is 4.68 Å². The lowest BCUT2D eigenvalue weighted by Crippen LogP contribution is -1.85. The summed E-state index contributed by atoms with van der Waals surface area (Å²) in [5.74, 6) is 0.485. The lowest BCUT2D eigenvalue weighted by Gasteiger charge is -1.93. The molecule has 1 heterocycles. The van der Waals surface area contributed by atoms with Crippen LogP contribution in [-0.2, 0) is 7.05 Å². The molecule has 70 valence electrons. The smallest absolute Gasteiger partial charge is 0.0852 e. The first-order valence-corrected chi connectivity index (χ1v) is 3.56. The van der Waals surface area contributed by atoms with E-state index in [1.807, 2.05) is 13.2 Å². The maximum absolute atomic E-state index is 3.93. The molecular formula is C8H18N3P. The van der Waals surface area contributed by atoms with E-state index in [0.717, 1.165) is 5.69 Å². The zero-order valence-corrected chi connectivity index (χ0v) is 9.53. The van der Waals surface area contributed by atoms with Crippen LogP contribution in [0.15, 0.2) is 19.4 Å². The Kier molecular flexibility index (Phi) is 8.07. The first kappa shape index (κ1) is 13.9. The van der Waals surface area contributed by atoms with Crippen molar-refractivity contribution in [2.75, 3.05) is 0 Å². The van der Waals surface area contributed by atoms with Gasteiger partial charge in [-0.2, -0.15) is 9.90 Å². The molecule has 1 aromatic heterocycles. The molecule has 0 bridgehead atoms. The van der Waals surface area contributed by atoms with Crippen molar-refractivity contribution in [2.45, 2.75) is 19.8 Å². The summed E-state index contributed by atoms with van der Waals surface area (Å²) in [5, 5.41) is 7.73. The molecule has 0 saturated heterocycles. The molecule has 0 aromatic carbocycles. The van der Waals surface area contributed by atoms with E-state index in [1.165, 1.54) is 0 Å². The zero-order chi connectivity index (χ0) is 8.85. The fourth-order valence-electron chi connectivity index (χ4n) is 0.630. The van der Waals surface area contributed by atoms with E-state index in [4.69, 9.17) is 0 Å². The quantitative estimate of drug-likeness (QED) is 0.495. The van der Waals surface area contributed by atoms with Gasteiger partial charge in [-0.25, -0.2) is 0 Å². The molecule has 12 heavy (non-hydrogen) atoms. The van der Waals surface area contributed by atoms with E-state index in [2.05, 4.69) is 37.3 Å². The van der Waals surface area contributed by atoms with E-state index in [-0.39, 0.29) is 9.90 Å². The third-order valence-corrected chi connectivity index (χ3v) is 1.21. The second kappa shape index (κ2) is 6.99. The Bertz CT molecular complexity index is 208. The van der Waals surface area contributed by atoms with Crippen molar-refractivity contribution in [2.24, 2.45) is 7.05 Å². The van der Waals surface area contributed by atoms with Crippen molar-refractivity contribution in [3.05, 3.63) is 25.0 Å². The second-order valence-corrected chi connectivity index (χ2v) is 2.47. The molecule has 1 atom stereocenters. The molecule has 0 aliphatic rings. The molecule has 1 aromatic rings. The summed E-state index contributed by atoms with van der Waals surface area (Å²) >= 11 is 0. The number of hydrogen-bond donors (Lipinski definition) is 0. The minimum absolute atomic E-state index is 0. The summed E-state index contributed by atoms with van der Waals surface area (Å²) in [6.45, 7) is 10.2. The Hall–Kier alpha value is -0.690. The third-order valence-electron chi connectivity index (χ3n) is 1.21. The van der Waals surface area contributed by atoms with Crippen LogP contribution in [0, 0.1) is 0 Å². The molecular weight excluding hydrogens is 169 g/mol. The Morgan fingerprint density at radius 2 is 1.92 bits per heavy atom. The number of rotatable bonds is 1. The van der Waals surface area contributed by atoms with Gasteiger partial charge in [0.25, 0.3) is 0 Å². The van der Waals surface area contributed by atoms with Crippen LogP contribution in [0.2, 0.25) is 0 Å². The standard InChI is InChI=1S/C6H11N3.C2H4.H3P/c1-5(2)6-4-9(3)8-7-6;1-2;/h4-5H,1-3H3;1-2H2;1H3. The lowest BCUT2D eigenvalue weighted by molar-refractivity contribution is 0.710. The van der Waals surface area contributed by atoms with E-state index in [0.29, 0.717) is 5.92 Å². The summed E-state index contributed by atoms with van der Waals surface area (Å²) in [5.41, 5.74) is 1.05. The summed E-state index contributed by atoms with van der Waals surface area (Å²) < 4.78 is 1.72. The highest BCUT2D eigenvalue weighted by Gasteiger charge is 2.00. The number of aryl methyl sites for hydroxylation is 1. The molecule has 0 N–H and O–H groups in total. The fourth-order valence-corrected chi connectivity index (χ4v) is 0.630. The topological polar surface area (TPSA) is 30.7 Å². The summed E-state index contributed by atoms with van der Waals surface area (Å²) in [6, 6.07) is 0. The fraction of sp³-hybridized carbons (Fsp3) is 0.500. The number of nitrogens with zero attached hydrogens (tertiary/aromatic N) is 3. The maximum atomic E-state index is 3.93. The van der Waals surface area contributed by atoms with Crippen LogP contribution in [-0.4, -0.2) is 15.0 Å². The van der Waals surface area contributed by atoms with Crippen molar-refractivity contribution >= 4 is 9.90 Å². The average Bonchev–Trinajstić information content (AvgIpc) is 2.40. The predicted octanol–water partition coefficient (Wildman–Crippen LogP) is 1.80. The normalized spacial score (nSPS) is 8.33. The van der Waals surface area contributed by atoms with Crippen LogP contribution >= 0.6 is 9.90 Å². The molecule has 0 spiro atoms. The van der Waals surface area contributed by atoms with Crippen molar-refractivity contribution in [3.63, 3.8) is 0 Å². The van der Waals surface area contributed by atoms with Gasteiger partial charge in [0.05, 0.1) is 5.69 Å². The van der Waals surface area contributed by atoms with Crippen LogP contribution < -0.4 is 0 Å². The van der Waals surface area contributed by atoms with Gasteiger partial charge in [-0.15, -0.1) is 18.3 Å². The van der Waals surface area contributed by atoms with Gasteiger partial charge in [-0.05, 0) is 5.92 Å². The molecule has 1 rings (SSSR count). The zero-order valence-electron chi connectivity index (χ0n) is 8.12. The molecule has 4 heteroatoms. The van der Waals surface area contributed by atoms with Crippen LogP contribution in [0.4, 0.5) is 0 Å². The van der Waals surface area contributed by atoms with Crippen molar-refractivity contribution in [1.82, 2.24) is 15.0 Å². The highest BCUT2D eigenvalue weighted by Crippen LogP contribution is 2.07. The minimum atomic E-state index is 0. The van der Waals surface area contributed by atoms with Gasteiger partial charge >= 0.3 is 0 Å². The van der Waals surface area contributed by atoms with E-state index >= 15 is 0 Å². The predicted molar refractivity (Wildman–Crippen MR) is 57.5 cm³/mol. The molecule has 0 aliphatic heterocycles. The van der Waals surface area contributed by atoms with Gasteiger partial charge in [-0.3, -0.25) is 4.68 Å². The molecule has 0 radical (unpaired) electrons. The van der Waals surface area contributed by atoms with Crippen LogP contribution in [0.1, 0.15) is 25.5 Å². The molecule has 0 amide bonds. The SMILES string of the molecule is C=C.CC(C)c1cn(C)nn1.P. The Balaban J connectivity index is 0. The first-order chi connectivity index (χ1) is 5.20. The summed E-state index contributed by atoms with van der Waals surface area (Å²) in [7, 11) is 1.87. The maximum Gasteiger partial charge on any atom is 0.0852 e. The monoisotopic (exact) mass is 187 g/mol. The van der Waals surface area contributed by atoms with Crippen LogP contribution in [0.3, 0.4) is 0 Å². The minimum Gasteiger partial charge on any atom is -0.255 e. The molecule has 3 nitrogen and oxygen atoms in total. The summed E-state index contributed by atoms with van der Waals surface area (Å²) in [6.07, 6.45) is 1.94.